The highest BCUT2D eigenvalue weighted by Gasteiger charge is 2.13. The van der Waals surface area contributed by atoms with Crippen molar-refractivity contribution in [2.75, 3.05) is 13.1 Å². The second-order valence-corrected chi connectivity index (χ2v) is 6.57. The van der Waals surface area contributed by atoms with Crippen LogP contribution in [-0.4, -0.2) is 24.9 Å². The Morgan fingerprint density at radius 3 is 2.18 bits per heavy atom. The van der Waals surface area contributed by atoms with E-state index in [0.29, 0.717) is 19.4 Å². The number of rotatable bonds is 7. The summed E-state index contributed by atoms with van der Waals surface area (Å²) in [7, 11) is 0. The molecule has 0 aliphatic carbocycles. The third kappa shape index (κ3) is 6.74. The summed E-state index contributed by atoms with van der Waals surface area (Å²) in [5.41, 5.74) is 2.56. The highest BCUT2D eigenvalue weighted by Crippen LogP contribution is 2.22. The first-order valence-corrected chi connectivity index (χ1v) is 7.95. The smallest absolute Gasteiger partial charge is 0.239 e. The van der Waals surface area contributed by atoms with Gasteiger partial charge in [0.05, 0.1) is 6.54 Å². The number of carbonyl (C=O) groups excluding carboxylic acids is 2. The Bertz CT molecular complexity index is 487. The normalized spacial score (nSPS) is 11.1. The zero-order valence-corrected chi connectivity index (χ0v) is 14.2. The minimum atomic E-state index is -0.135. The van der Waals surface area contributed by atoms with Crippen molar-refractivity contribution in [1.29, 1.82) is 0 Å². The fourth-order valence-electron chi connectivity index (χ4n) is 2.02. The van der Waals surface area contributed by atoms with E-state index < -0.39 is 0 Å². The Labute approximate surface area is 133 Å². The molecule has 2 N–H and O–H groups in total. The summed E-state index contributed by atoms with van der Waals surface area (Å²) in [5, 5.41) is 5.37. The lowest BCUT2D eigenvalue weighted by atomic mass is 9.86. The summed E-state index contributed by atoms with van der Waals surface area (Å²) in [6.45, 7) is 9.23. The van der Waals surface area contributed by atoms with Gasteiger partial charge < -0.3 is 10.6 Å². The molecule has 0 heterocycles. The largest absolute Gasteiger partial charge is 0.355 e. The van der Waals surface area contributed by atoms with Crippen molar-refractivity contribution >= 4 is 11.8 Å². The number of hydrogen-bond donors (Lipinski definition) is 2. The van der Waals surface area contributed by atoms with Gasteiger partial charge in [0.15, 0.2) is 0 Å². The fourth-order valence-corrected chi connectivity index (χ4v) is 2.02. The molecule has 0 unspecified atom stereocenters. The average molecular weight is 304 g/mol. The number of nitrogens with one attached hydrogen (secondary N) is 2. The van der Waals surface area contributed by atoms with Crippen LogP contribution >= 0.6 is 0 Å². The van der Waals surface area contributed by atoms with Crippen molar-refractivity contribution in [3.05, 3.63) is 35.4 Å². The molecule has 0 fully saturated rings. The predicted molar refractivity (Wildman–Crippen MR) is 89.8 cm³/mol. The molecule has 22 heavy (non-hydrogen) atoms. The van der Waals surface area contributed by atoms with Crippen molar-refractivity contribution in [3.63, 3.8) is 0 Å². The van der Waals surface area contributed by atoms with Crippen LogP contribution in [0.1, 0.15) is 51.7 Å². The Balaban J connectivity index is 2.33. The molecule has 1 aromatic rings. The molecule has 0 saturated carbocycles. The molecule has 4 nitrogen and oxygen atoms in total. The van der Waals surface area contributed by atoms with Crippen LogP contribution in [0.4, 0.5) is 0 Å². The molecule has 122 valence electrons. The first-order chi connectivity index (χ1) is 10.3. The van der Waals surface area contributed by atoms with Gasteiger partial charge in [-0.3, -0.25) is 9.59 Å². The summed E-state index contributed by atoms with van der Waals surface area (Å²) < 4.78 is 0. The molecule has 0 spiro atoms. The minimum Gasteiger partial charge on any atom is -0.355 e. The summed E-state index contributed by atoms with van der Waals surface area (Å²) in [5.74, 6) is -0.226. The van der Waals surface area contributed by atoms with Gasteiger partial charge in [-0.1, -0.05) is 52.0 Å². The van der Waals surface area contributed by atoms with Crippen LogP contribution in [0, 0.1) is 0 Å². The zero-order chi connectivity index (χ0) is 16.6. The molecule has 0 atom stereocenters. The van der Waals surface area contributed by atoms with Crippen molar-refractivity contribution < 1.29 is 9.59 Å². The maximum atomic E-state index is 11.7. The first kappa shape index (κ1) is 18.2. The van der Waals surface area contributed by atoms with Gasteiger partial charge in [0.2, 0.25) is 11.8 Å². The third-order valence-corrected chi connectivity index (χ3v) is 3.48. The minimum absolute atomic E-state index is 0.0573. The Kier molecular flexibility index (Phi) is 7.09. The topological polar surface area (TPSA) is 58.2 Å². The van der Waals surface area contributed by atoms with Crippen molar-refractivity contribution in [2.45, 2.75) is 52.4 Å². The van der Waals surface area contributed by atoms with Gasteiger partial charge in [-0.2, -0.15) is 0 Å². The van der Waals surface area contributed by atoms with Crippen LogP contribution < -0.4 is 10.6 Å². The Hall–Kier alpha value is -1.84. The molecule has 1 rings (SSSR count). The van der Waals surface area contributed by atoms with Crippen LogP contribution in [0.25, 0.3) is 0 Å². The van der Waals surface area contributed by atoms with Crippen LogP contribution in [0.3, 0.4) is 0 Å². The number of amides is 2. The summed E-state index contributed by atoms with van der Waals surface area (Å²) in [6.07, 6.45) is 1.98. The summed E-state index contributed by atoms with van der Waals surface area (Å²) in [4.78, 5) is 23.1. The molecule has 0 saturated heterocycles. The number of aryl methyl sites for hydroxylation is 1. The van der Waals surface area contributed by atoms with Crippen molar-refractivity contribution in [2.24, 2.45) is 0 Å². The third-order valence-electron chi connectivity index (χ3n) is 3.48. The van der Waals surface area contributed by atoms with E-state index in [9.17, 15) is 9.59 Å². The van der Waals surface area contributed by atoms with Crippen molar-refractivity contribution in [3.8, 4) is 0 Å². The molecule has 2 amide bonds. The quantitative estimate of drug-likeness (QED) is 0.813. The van der Waals surface area contributed by atoms with Gasteiger partial charge in [-0.15, -0.1) is 0 Å². The predicted octanol–water partition coefficient (Wildman–Crippen LogP) is 2.56. The van der Waals surface area contributed by atoms with E-state index >= 15 is 0 Å². The maximum absolute atomic E-state index is 11.7. The monoisotopic (exact) mass is 304 g/mol. The molecule has 1 aromatic carbocycles. The molecule has 0 aliphatic rings. The van der Waals surface area contributed by atoms with Gasteiger partial charge in [0, 0.05) is 13.0 Å². The number of benzene rings is 1. The van der Waals surface area contributed by atoms with Crippen LogP contribution in [-0.2, 0) is 21.4 Å². The van der Waals surface area contributed by atoms with E-state index in [0.717, 1.165) is 12.0 Å². The average Bonchev–Trinajstić information content (AvgIpc) is 2.48. The molecule has 0 radical (unpaired) electrons. The first-order valence-electron chi connectivity index (χ1n) is 7.95. The van der Waals surface area contributed by atoms with E-state index in [1.54, 1.807) is 0 Å². The van der Waals surface area contributed by atoms with Crippen LogP contribution in [0.15, 0.2) is 24.3 Å². The number of carbonyl (C=O) groups is 2. The summed E-state index contributed by atoms with van der Waals surface area (Å²) >= 11 is 0. The standard InChI is InChI=1S/C18H28N2O2/c1-5-12-19-17(22)13-20-16(21)11-8-14-6-9-15(10-7-14)18(2,3)4/h6-7,9-10H,5,8,11-13H2,1-4H3,(H,19,22)(H,20,21). The van der Waals surface area contributed by atoms with Crippen LogP contribution in [0.2, 0.25) is 0 Å². The summed E-state index contributed by atoms with van der Waals surface area (Å²) in [6, 6.07) is 8.38. The van der Waals surface area contributed by atoms with Crippen LogP contribution in [0.5, 0.6) is 0 Å². The zero-order valence-electron chi connectivity index (χ0n) is 14.2. The van der Waals surface area contributed by atoms with E-state index in [1.165, 1.54) is 5.56 Å². The second kappa shape index (κ2) is 8.57. The van der Waals surface area contributed by atoms with E-state index in [-0.39, 0.29) is 23.8 Å². The van der Waals surface area contributed by atoms with E-state index in [2.05, 4.69) is 55.7 Å². The highest BCUT2D eigenvalue weighted by molar-refractivity contribution is 5.84. The number of hydrogen-bond acceptors (Lipinski definition) is 2. The van der Waals surface area contributed by atoms with E-state index in [4.69, 9.17) is 0 Å². The lowest BCUT2D eigenvalue weighted by Gasteiger charge is -2.19. The lowest BCUT2D eigenvalue weighted by Crippen LogP contribution is -2.37. The SMILES string of the molecule is CCCNC(=O)CNC(=O)CCc1ccc(C(C)(C)C)cc1. The molecule has 0 aliphatic heterocycles. The maximum Gasteiger partial charge on any atom is 0.239 e. The van der Waals surface area contributed by atoms with E-state index in [1.807, 2.05) is 6.92 Å². The molecular formula is C18H28N2O2. The van der Waals surface area contributed by atoms with Gasteiger partial charge in [-0.05, 0) is 29.4 Å². The molecule has 0 bridgehead atoms. The molecular weight excluding hydrogens is 276 g/mol. The molecule has 4 heteroatoms. The van der Waals surface area contributed by atoms with Gasteiger partial charge in [0.1, 0.15) is 0 Å². The Morgan fingerprint density at radius 1 is 1.00 bits per heavy atom. The Morgan fingerprint density at radius 2 is 1.64 bits per heavy atom. The van der Waals surface area contributed by atoms with Gasteiger partial charge >= 0.3 is 0 Å². The highest BCUT2D eigenvalue weighted by atomic mass is 16.2. The second-order valence-electron chi connectivity index (χ2n) is 6.57. The van der Waals surface area contributed by atoms with Crippen molar-refractivity contribution in [1.82, 2.24) is 10.6 Å². The molecule has 0 aromatic heterocycles. The lowest BCUT2D eigenvalue weighted by molar-refractivity contribution is -0.126. The fraction of sp³-hybridized carbons (Fsp3) is 0.556. The van der Waals surface area contributed by atoms with Gasteiger partial charge in [-0.25, -0.2) is 0 Å². The van der Waals surface area contributed by atoms with Gasteiger partial charge in [0.25, 0.3) is 0 Å².